The number of fused-ring (bicyclic) bond motifs is 10. The summed E-state index contributed by atoms with van der Waals surface area (Å²) < 4.78 is 75.0. The molecular formula is C51H31N5O. The van der Waals surface area contributed by atoms with Crippen LogP contribution in [-0.2, 0) is 0 Å². The molecule has 0 amide bonds. The van der Waals surface area contributed by atoms with Crippen LogP contribution in [0.25, 0.3) is 111 Å². The molecule has 0 aliphatic rings. The lowest BCUT2D eigenvalue weighted by Crippen LogP contribution is -2.00. The largest absolute Gasteiger partial charge is 0.454 e. The Balaban J connectivity index is 1.23. The second kappa shape index (κ2) is 12.3. The Labute approximate surface area is 336 Å². The van der Waals surface area contributed by atoms with E-state index >= 15 is 0 Å². The molecule has 0 saturated heterocycles. The highest BCUT2D eigenvalue weighted by molar-refractivity contribution is 6.24. The van der Waals surface area contributed by atoms with Crippen LogP contribution in [0.5, 0.6) is 0 Å². The summed E-state index contributed by atoms with van der Waals surface area (Å²) in [7, 11) is 0. The van der Waals surface area contributed by atoms with Gasteiger partial charge >= 0.3 is 0 Å². The molecule has 57 heavy (non-hydrogen) atoms. The molecule has 6 nitrogen and oxygen atoms in total. The van der Waals surface area contributed by atoms with E-state index in [9.17, 15) is 6.85 Å². The van der Waals surface area contributed by atoms with Gasteiger partial charge in [0.05, 0.1) is 37.3 Å². The molecule has 4 aromatic heterocycles. The van der Waals surface area contributed by atoms with E-state index in [1.165, 1.54) is 12.1 Å². The first-order valence-corrected chi connectivity index (χ1v) is 18.5. The fourth-order valence-electron chi connectivity index (χ4n) is 8.17. The van der Waals surface area contributed by atoms with E-state index in [0.29, 0.717) is 78.4 Å². The second-order valence-corrected chi connectivity index (χ2v) is 13.8. The van der Waals surface area contributed by atoms with Crippen molar-refractivity contribution in [2.24, 2.45) is 0 Å². The van der Waals surface area contributed by atoms with Gasteiger partial charge in [-0.15, -0.1) is 0 Å². The molecule has 0 unspecified atom stereocenters. The molecule has 0 fully saturated rings. The Morgan fingerprint density at radius 2 is 1.05 bits per heavy atom. The van der Waals surface area contributed by atoms with Gasteiger partial charge in [0.1, 0.15) is 5.58 Å². The van der Waals surface area contributed by atoms with E-state index in [4.69, 9.17) is 22.1 Å². The van der Waals surface area contributed by atoms with Crippen LogP contribution in [0.1, 0.15) is 9.60 Å². The van der Waals surface area contributed by atoms with Crippen LogP contribution in [0.2, 0.25) is 0 Å². The highest BCUT2D eigenvalue weighted by Gasteiger charge is 2.24. The van der Waals surface area contributed by atoms with Crippen molar-refractivity contribution in [2.45, 2.75) is 0 Å². The minimum absolute atomic E-state index is 0.0106. The quantitative estimate of drug-likeness (QED) is 0.176. The van der Waals surface area contributed by atoms with E-state index in [1.807, 2.05) is 137 Å². The van der Waals surface area contributed by atoms with Crippen LogP contribution < -0.4 is 0 Å². The molecule has 0 radical (unpaired) electrons. The second-order valence-electron chi connectivity index (χ2n) is 13.8. The fraction of sp³-hybridized carbons (Fsp3) is 0. The van der Waals surface area contributed by atoms with Gasteiger partial charge in [-0.05, 0) is 36.4 Å². The van der Waals surface area contributed by atoms with Crippen molar-refractivity contribution in [3.63, 3.8) is 0 Å². The van der Waals surface area contributed by atoms with Gasteiger partial charge in [0.15, 0.2) is 23.1 Å². The molecule has 0 bridgehead atoms. The summed E-state index contributed by atoms with van der Waals surface area (Å²) in [5.41, 5.74) is 6.14. The molecule has 6 heteroatoms. The maximum absolute atomic E-state index is 9.64. The van der Waals surface area contributed by atoms with Crippen LogP contribution >= 0.6 is 0 Å². The lowest BCUT2D eigenvalue weighted by atomic mass is 10.0. The first kappa shape index (κ1) is 25.3. The summed E-state index contributed by atoms with van der Waals surface area (Å²) in [5.74, 6) is 1.47. The first-order chi connectivity index (χ1) is 31.2. The fourth-order valence-corrected chi connectivity index (χ4v) is 8.17. The minimum Gasteiger partial charge on any atom is -0.454 e. The molecule has 12 rings (SSSR count). The van der Waals surface area contributed by atoms with Crippen molar-refractivity contribution in [1.29, 1.82) is 0 Å². The third kappa shape index (κ3) is 4.74. The zero-order chi connectivity index (χ0) is 43.5. The third-order valence-corrected chi connectivity index (χ3v) is 10.6. The molecule has 266 valence electrons. The predicted octanol–water partition coefficient (Wildman–Crippen LogP) is 13.0. The highest BCUT2D eigenvalue weighted by atomic mass is 16.3. The van der Waals surface area contributed by atoms with Gasteiger partial charge in [-0.3, -0.25) is 0 Å². The number of furan rings is 1. The van der Waals surface area contributed by atoms with Crippen LogP contribution in [0.15, 0.2) is 192 Å². The molecule has 0 aliphatic carbocycles. The van der Waals surface area contributed by atoms with E-state index in [-0.39, 0.29) is 53.1 Å². The van der Waals surface area contributed by atoms with Gasteiger partial charge < -0.3 is 13.6 Å². The van der Waals surface area contributed by atoms with Crippen LogP contribution in [0.4, 0.5) is 0 Å². The number of rotatable bonds is 5. The van der Waals surface area contributed by atoms with Gasteiger partial charge in [0.2, 0.25) is 0 Å². The van der Waals surface area contributed by atoms with Gasteiger partial charge in [-0.2, -0.15) is 0 Å². The SMILES string of the molecule is [2H]c1cc([2H])c2c(c1)c1c([2H])c([2H])c3c4c([2H])c([2H])cc([2H])c4n(-c4ccccc4)c3c1n2-c1cccc2c1oc1cccc(-c3nc(-c4ccccc4)nc(-c4ccccc4)n3)c12. The normalized spacial score (nSPS) is 13.6. The topological polar surface area (TPSA) is 61.7 Å². The van der Waals surface area contributed by atoms with E-state index < -0.39 is 0 Å². The zero-order valence-electron chi connectivity index (χ0n) is 37.0. The van der Waals surface area contributed by atoms with Crippen LogP contribution in [0, 0.1) is 0 Å². The molecule has 0 aliphatic heterocycles. The van der Waals surface area contributed by atoms with E-state index in [2.05, 4.69) is 0 Å². The Morgan fingerprint density at radius 3 is 1.79 bits per heavy atom. The molecule has 0 spiro atoms. The number of para-hydroxylation sites is 4. The number of aromatic nitrogens is 5. The lowest BCUT2D eigenvalue weighted by Gasteiger charge is -2.13. The Bertz CT molecular complexity index is 3870. The summed E-state index contributed by atoms with van der Waals surface area (Å²) in [6.07, 6.45) is 0. The summed E-state index contributed by atoms with van der Waals surface area (Å²) in [6.45, 7) is 0. The lowest BCUT2D eigenvalue weighted by molar-refractivity contribution is 0.666. The van der Waals surface area contributed by atoms with Gasteiger partial charge in [-0.25, -0.2) is 15.0 Å². The Hall–Kier alpha value is -7.83. The molecule has 0 N–H and O–H groups in total. The van der Waals surface area contributed by atoms with E-state index in [1.54, 1.807) is 6.07 Å². The molecule has 8 aromatic carbocycles. The van der Waals surface area contributed by atoms with E-state index in [0.717, 1.165) is 21.9 Å². The first-order valence-electron chi connectivity index (χ1n) is 22.0. The average molecular weight is 737 g/mol. The molecule has 4 heterocycles. The smallest absolute Gasteiger partial charge is 0.164 e. The van der Waals surface area contributed by atoms with Gasteiger partial charge in [0, 0.05) is 54.7 Å². The van der Waals surface area contributed by atoms with Crippen molar-refractivity contribution in [1.82, 2.24) is 24.1 Å². The third-order valence-electron chi connectivity index (χ3n) is 10.6. The number of nitrogens with zero attached hydrogens (tertiary/aromatic N) is 5. The molecule has 0 saturated carbocycles. The highest BCUT2D eigenvalue weighted by Crippen LogP contribution is 2.44. The minimum atomic E-state index is -0.185. The molecular weight excluding hydrogens is 699 g/mol. The maximum atomic E-state index is 9.64. The standard InChI is InChI=1S/C51H31N5O/c1-4-16-32(17-5-1)49-52-50(33-18-6-2-7-19-33)54-51(53-49)40-25-15-29-44-45(40)39-24-14-28-43(48(39)57-44)56-42-27-13-11-23-36(42)38-31-30-37-35-22-10-12-26-41(35)55(46(37)47(38)56)34-20-8-3-9-21-34/h1-31H/i10D,11D,22D,26D,27D,30D,31D. The maximum Gasteiger partial charge on any atom is 0.164 e. The van der Waals surface area contributed by atoms with Crippen molar-refractivity contribution in [2.75, 3.05) is 0 Å². The zero-order valence-corrected chi connectivity index (χ0v) is 30.0. The summed E-state index contributed by atoms with van der Waals surface area (Å²) in [6, 6.07) is 44.2. The monoisotopic (exact) mass is 736 g/mol. The van der Waals surface area contributed by atoms with Crippen molar-refractivity contribution in [3.8, 4) is 45.5 Å². The molecule has 12 aromatic rings. The Morgan fingerprint density at radius 1 is 0.439 bits per heavy atom. The molecule has 0 atom stereocenters. The number of hydrogen-bond donors (Lipinski definition) is 0. The van der Waals surface area contributed by atoms with Gasteiger partial charge in [-0.1, -0.05) is 152 Å². The van der Waals surface area contributed by atoms with Crippen molar-refractivity contribution < 1.29 is 14.0 Å². The predicted molar refractivity (Wildman–Crippen MR) is 232 cm³/mol. The summed E-state index contributed by atoms with van der Waals surface area (Å²) in [5, 5.41) is 2.70. The number of hydrogen-bond acceptors (Lipinski definition) is 4. The summed E-state index contributed by atoms with van der Waals surface area (Å²) in [4.78, 5) is 15.0. The van der Waals surface area contributed by atoms with Gasteiger partial charge in [0.25, 0.3) is 0 Å². The van der Waals surface area contributed by atoms with Crippen molar-refractivity contribution in [3.05, 3.63) is 188 Å². The Kier molecular flexibility index (Phi) is 5.48. The van der Waals surface area contributed by atoms with Crippen LogP contribution in [0.3, 0.4) is 0 Å². The van der Waals surface area contributed by atoms with Crippen LogP contribution in [-0.4, -0.2) is 24.1 Å². The average Bonchev–Trinajstić information content (AvgIpc) is 4.00. The summed E-state index contributed by atoms with van der Waals surface area (Å²) >= 11 is 0. The number of benzene rings is 8. The van der Waals surface area contributed by atoms with Crippen molar-refractivity contribution >= 4 is 65.6 Å².